The van der Waals surface area contributed by atoms with Crippen molar-refractivity contribution >= 4 is 17.3 Å². The second-order valence-corrected chi connectivity index (χ2v) is 5.05. The van der Waals surface area contributed by atoms with Gasteiger partial charge < -0.3 is 5.32 Å². The Morgan fingerprint density at radius 2 is 2.05 bits per heavy atom. The number of rotatable bonds is 4. The highest BCUT2D eigenvalue weighted by molar-refractivity contribution is 6.31. The van der Waals surface area contributed by atoms with E-state index in [0.29, 0.717) is 22.6 Å². The van der Waals surface area contributed by atoms with Gasteiger partial charge in [0.05, 0.1) is 10.6 Å². The Balaban J connectivity index is 2.07. The predicted octanol–water partition coefficient (Wildman–Crippen LogP) is 4.39. The molecule has 20 heavy (non-hydrogen) atoms. The smallest absolute Gasteiger partial charge is 0.126 e. The highest BCUT2D eigenvalue weighted by Gasteiger charge is 2.08. The van der Waals surface area contributed by atoms with Gasteiger partial charge in [0.2, 0.25) is 0 Å². The predicted molar refractivity (Wildman–Crippen MR) is 79.4 cm³/mol. The van der Waals surface area contributed by atoms with E-state index in [1.165, 1.54) is 6.07 Å². The van der Waals surface area contributed by atoms with Crippen molar-refractivity contribution in [3.63, 3.8) is 0 Å². The Labute approximate surface area is 122 Å². The van der Waals surface area contributed by atoms with Crippen LogP contribution in [-0.2, 0) is 6.42 Å². The molecule has 0 aliphatic carbocycles. The quantitative estimate of drug-likeness (QED) is 0.905. The second kappa shape index (κ2) is 6.40. The van der Waals surface area contributed by atoms with Crippen molar-refractivity contribution in [1.29, 1.82) is 5.26 Å². The van der Waals surface area contributed by atoms with E-state index in [0.717, 1.165) is 5.69 Å². The topological polar surface area (TPSA) is 35.8 Å². The molecular weight excluding hydrogens is 275 g/mol. The minimum absolute atomic E-state index is 0.0413. The van der Waals surface area contributed by atoms with Crippen LogP contribution in [-0.4, -0.2) is 6.04 Å². The lowest BCUT2D eigenvalue weighted by Gasteiger charge is -2.16. The van der Waals surface area contributed by atoms with Crippen LogP contribution in [0.5, 0.6) is 0 Å². The maximum atomic E-state index is 13.6. The molecular formula is C16H14ClFN2. The van der Waals surface area contributed by atoms with Crippen molar-refractivity contribution in [2.24, 2.45) is 0 Å². The van der Waals surface area contributed by atoms with Crippen LogP contribution in [0.25, 0.3) is 0 Å². The van der Waals surface area contributed by atoms with Crippen molar-refractivity contribution in [3.8, 4) is 6.07 Å². The first-order valence-electron chi connectivity index (χ1n) is 6.29. The van der Waals surface area contributed by atoms with Crippen LogP contribution in [0.3, 0.4) is 0 Å². The molecule has 1 unspecified atom stereocenters. The zero-order chi connectivity index (χ0) is 14.5. The maximum absolute atomic E-state index is 13.6. The number of nitriles is 1. The van der Waals surface area contributed by atoms with E-state index < -0.39 is 0 Å². The van der Waals surface area contributed by atoms with Crippen LogP contribution in [0.2, 0.25) is 5.02 Å². The van der Waals surface area contributed by atoms with Gasteiger partial charge in [-0.25, -0.2) is 4.39 Å². The van der Waals surface area contributed by atoms with Crippen LogP contribution in [0, 0.1) is 17.1 Å². The zero-order valence-corrected chi connectivity index (χ0v) is 11.8. The minimum Gasteiger partial charge on any atom is -0.382 e. The molecule has 0 bridgehead atoms. The maximum Gasteiger partial charge on any atom is 0.126 e. The van der Waals surface area contributed by atoms with Crippen LogP contribution >= 0.6 is 11.6 Å². The van der Waals surface area contributed by atoms with Crippen molar-refractivity contribution in [1.82, 2.24) is 0 Å². The molecule has 0 saturated carbocycles. The first-order chi connectivity index (χ1) is 9.60. The number of anilines is 1. The Hall–Kier alpha value is -2.05. The van der Waals surface area contributed by atoms with E-state index in [9.17, 15) is 4.39 Å². The van der Waals surface area contributed by atoms with E-state index in [4.69, 9.17) is 16.9 Å². The average molecular weight is 289 g/mol. The van der Waals surface area contributed by atoms with Gasteiger partial charge in [-0.15, -0.1) is 0 Å². The van der Waals surface area contributed by atoms with E-state index in [-0.39, 0.29) is 11.9 Å². The number of benzene rings is 2. The van der Waals surface area contributed by atoms with Crippen LogP contribution in [0.4, 0.5) is 10.1 Å². The molecule has 2 rings (SSSR count). The summed E-state index contributed by atoms with van der Waals surface area (Å²) in [5.41, 5.74) is 1.89. The van der Waals surface area contributed by atoms with Gasteiger partial charge >= 0.3 is 0 Å². The molecule has 1 atom stereocenters. The molecule has 4 heteroatoms. The highest BCUT2D eigenvalue weighted by atomic mass is 35.5. The van der Waals surface area contributed by atoms with Gasteiger partial charge in [0, 0.05) is 11.7 Å². The minimum atomic E-state index is -0.199. The van der Waals surface area contributed by atoms with Gasteiger partial charge in [-0.05, 0) is 43.2 Å². The highest BCUT2D eigenvalue weighted by Crippen LogP contribution is 2.21. The summed E-state index contributed by atoms with van der Waals surface area (Å²) >= 11 is 5.88. The summed E-state index contributed by atoms with van der Waals surface area (Å²) in [6, 6.07) is 14.0. The second-order valence-electron chi connectivity index (χ2n) is 4.65. The Bertz CT molecular complexity index is 649. The molecule has 102 valence electrons. The molecule has 0 aliphatic heterocycles. The summed E-state index contributed by atoms with van der Waals surface area (Å²) in [5, 5.41) is 12.6. The molecule has 2 aromatic rings. The normalized spacial score (nSPS) is 11.7. The van der Waals surface area contributed by atoms with Gasteiger partial charge in [0.1, 0.15) is 11.9 Å². The molecule has 0 saturated heterocycles. The van der Waals surface area contributed by atoms with Gasteiger partial charge in [-0.2, -0.15) is 5.26 Å². The van der Waals surface area contributed by atoms with E-state index in [2.05, 4.69) is 5.32 Å². The number of halogens is 2. The summed E-state index contributed by atoms with van der Waals surface area (Å²) in [4.78, 5) is 0. The number of hydrogen-bond acceptors (Lipinski definition) is 2. The summed E-state index contributed by atoms with van der Waals surface area (Å²) in [6.45, 7) is 1.97. The van der Waals surface area contributed by atoms with Gasteiger partial charge in [-0.1, -0.05) is 29.8 Å². The molecule has 0 spiro atoms. The lowest BCUT2D eigenvalue weighted by molar-refractivity contribution is 0.601. The molecule has 2 nitrogen and oxygen atoms in total. The van der Waals surface area contributed by atoms with Crippen molar-refractivity contribution in [3.05, 3.63) is 64.4 Å². The van der Waals surface area contributed by atoms with Crippen molar-refractivity contribution < 1.29 is 4.39 Å². The number of nitrogens with zero attached hydrogens (tertiary/aromatic N) is 1. The molecule has 0 aromatic heterocycles. The van der Waals surface area contributed by atoms with E-state index in [1.807, 2.05) is 19.1 Å². The summed E-state index contributed by atoms with van der Waals surface area (Å²) in [6.07, 6.45) is 0.567. The standard InChI is InChI=1S/C16H14ClFN2/c1-11(8-12-4-2-3-5-16(12)18)20-14-6-7-15(17)13(9-14)10-19/h2-7,9,11,20H,8H2,1H3. The first-order valence-corrected chi connectivity index (χ1v) is 6.67. The van der Waals surface area contributed by atoms with Crippen molar-refractivity contribution in [2.75, 3.05) is 5.32 Å². The Kier molecular flexibility index (Phi) is 4.60. The van der Waals surface area contributed by atoms with E-state index in [1.54, 1.807) is 30.3 Å². The molecule has 0 fully saturated rings. The summed E-state index contributed by atoms with van der Waals surface area (Å²) < 4.78 is 13.6. The Morgan fingerprint density at radius 1 is 1.30 bits per heavy atom. The molecule has 0 amide bonds. The van der Waals surface area contributed by atoms with Crippen LogP contribution < -0.4 is 5.32 Å². The fourth-order valence-electron chi connectivity index (χ4n) is 2.03. The van der Waals surface area contributed by atoms with Crippen LogP contribution in [0.15, 0.2) is 42.5 Å². The first kappa shape index (κ1) is 14.4. The summed E-state index contributed by atoms with van der Waals surface area (Å²) in [5.74, 6) is -0.199. The molecule has 0 radical (unpaired) electrons. The lowest BCUT2D eigenvalue weighted by atomic mass is 10.1. The zero-order valence-electron chi connectivity index (χ0n) is 11.0. The van der Waals surface area contributed by atoms with Crippen LogP contribution in [0.1, 0.15) is 18.1 Å². The van der Waals surface area contributed by atoms with E-state index >= 15 is 0 Å². The SMILES string of the molecule is CC(Cc1ccccc1F)Nc1ccc(Cl)c(C#N)c1. The number of hydrogen-bond donors (Lipinski definition) is 1. The largest absolute Gasteiger partial charge is 0.382 e. The monoisotopic (exact) mass is 288 g/mol. The average Bonchev–Trinajstić information content (AvgIpc) is 2.43. The lowest BCUT2D eigenvalue weighted by Crippen LogP contribution is -2.18. The number of nitrogens with one attached hydrogen (secondary N) is 1. The summed E-state index contributed by atoms with van der Waals surface area (Å²) in [7, 11) is 0. The van der Waals surface area contributed by atoms with Gasteiger partial charge in [-0.3, -0.25) is 0 Å². The fraction of sp³-hybridized carbons (Fsp3) is 0.188. The van der Waals surface area contributed by atoms with Crippen molar-refractivity contribution in [2.45, 2.75) is 19.4 Å². The third kappa shape index (κ3) is 3.49. The third-order valence-electron chi connectivity index (χ3n) is 2.98. The molecule has 1 N–H and O–H groups in total. The Morgan fingerprint density at radius 3 is 2.75 bits per heavy atom. The molecule has 0 heterocycles. The van der Waals surface area contributed by atoms with Gasteiger partial charge in [0.25, 0.3) is 0 Å². The molecule has 0 aliphatic rings. The molecule has 2 aromatic carbocycles. The fourth-order valence-corrected chi connectivity index (χ4v) is 2.19. The third-order valence-corrected chi connectivity index (χ3v) is 3.31. The van der Waals surface area contributed by atoms with Gasteiger partial charge in [0.15, 0.2) is 0 Å².